The van der Waals surface area contributed by atoms with Crippen LogP contribution >= 0.6 is 0 Å². The number of halogens is 1. The number of benzene rings is 3. The molecule has 1 aromatic heterocycles. The highest BCUT2D eigenvalue weighted by atomic mass is 19.1. The first kappa shape index (κ1) is 27.3. The standard InChI is InChI=1S/C34H37FN4O2/c35-28-13-11-25(12-14-28)23-34(17-6-19-39(33(34)41)24-26-7-2-1-3-8-26)18-22-38-20-15-27(16-21-38)31(40)32-36-29-9-4-5-10-30(29)37-32/h1-5,7-14,27H,6,15-24H2,(H,36,37). The number of hydrogen-bond donors (Lipinski definition) is 1. The molecule has 2 fully saturated rings. The highest BCUT2D eigenvalue weighted by molar-refractivity contribution is 5.97. The minimum absolute atomic E-state index is 0.0438. The van der Waals surface area contributed by atoms with Gasteiger partial charge in [-0.15, -0.1) is 0 Å². The van der Waals surface area contributed by atoms with Crippen LogP contribution in [0.15, 0.2) is 78.9 Å². The lowest BCUT2D eigenvalue weighted by Crippen LogP contribution is -2.51. The fourth-order valence-corrected chi connectivity index (χ4v) is 6.64. The minimum atomic E-state index is -0.522. The molecule has 0 saturated carbocycles. The second-order valence-corrected chi connectivity index (χ2v) is 11.7. The van der Waals surface area contributed by atoms with Crippen LogP contribution in [0.1, 0.15) is 53.8 Å². The predicted molar refractivity (Wildman–Crippen MR) is 158 cm³/mol. The zero-order valence-corrected chi connectivity index (χ0v) is 23.4. The van der Waals surface area contributed by atoms with Gasteiger partial charge in [0.05, 0.1) is 16.4 Å². The van der Waals surface area contributed by atoms with Gasteiger partial charge in [0.2, 0.25) is 11.7 Å². The smallest absolute Gasteiger partial charge is 0.229 e. The summed E-state index contributed by atoms with van der Waals surface area (Å²) in [7, 11) is 0. The van der Waals surface area contributed by atoms with Crippen molar-refractivity contribution >= 4 is 22.7 Å². The third-order valence-electron chi connectivity index (χ3n) is 8.98. The third-order valence-corrected chi connectivity index (χ3v) is 8.98. The molecule has 3 aromatic carbocycles. The average molecular weight is 553 g/mol. The van der Waals surface area contributed by atoms with Crippen LogP contribution in [0.4, 0.5) is 4.39 Å². The summed E-state index contributed by atoms with van der Waals surface area (Å²) in [4.78, 5) is 39.5. The quantitative estimate of drug-likeness (QED) is 0.257. The topological polar surface area (TPSA) is 69.3 Å². The summed E-state index contributed by atoms with van der Waals surface area (Å²) in [6.45, 7) is 3.82. The maximum Gasteiger partial charge on any atom is 0.229 e. The van der Waals surface area contributed by atoms with Crippen LogP contribution in [0, 0.1) is 17.2 Å². The summed E-state index contributed by atoms with van der Waals surface area (Å²) in [5.41, 5.74) is 3.31. The van der Waals surface area contributed by atoms with Gasteiger partial charge in [-0.25, -0.2) is 9.37 Å². The second kappa shape index (κ2) is 12.0. The predicted octanol–water partition coefficient (Wildman–Crippen LogP) is 6.04. The lowest BCUT2D eigenvalue weighted by atomic mass is 9.71. The molecule has 0 bridgehead atoms. The Bertz CT molecular complexity index is 1460. The number of para-hydroxylation sites is 2. The van der Waals surface area contributed by atoms with Gasteiger partial charge >= 0.3 is 0 Å². The molecular weight excluding hydrogens is 515 g/mol. The summed E-state index contributed by atoms with van der Waals surface area (Å²) in [5, 5.41) is 0. The first-order chi connectivity index (χ1) is 20.0. The van der Waals surface area contributed by atoms with Gasteiger partial charge in [-0.1, -0.05) is 54.6 Å². The average Bonchev–Trinajstić information content (AvgIpc) is 3.45. The number of carbonyl (C=O) groups is 2. The maximum atomic E-state index is 14.1. The van der Waals surface area contributed by atoms with Crippen LogP contribution < -0.4 is 0 Å². The summed E-state index contributed by atoms with van der Waals surface area (Å²) >= 11 is 0. The molecule has 0 radical (unpaired) electrons. The summed E-state index contributed by atoms with van der Waals surface area (Å²) in [6, 6.07) is 24.5. The van der Waals surface area contributed by atoms with E-state index in [0.29, 0.717) is 18.8 Å². The van der Waals surface area contributed by atoms with Crippen molar-refractivity contribution in [2.75, 3.05) is 26.2 Å². The Hall–Kier alpha value is -3.84. The molecule has 1 N–H and O–H groups in total. The largest absolute Gasteiger partial charge is 0.338 e. The van der Waals surface area contributed by atoms with Crippen LogP contribution in [-0.4, -0.2) is 57.6 Å². The number of piperidine rings is 2. The number of amides is 1. The molecule has 2 saturated heterocycles. The highest BCUT2D eigenvalue weighted by Gasteiger charge is 2.44. The number of aromatic amines is 1. The van der Waals surface area contributed by atoms with E-state index < -0.39 is 5.41 Å². The van der Waals surface area contributed by atoms with Gasteiger partial charge in [-0.05, 0) is 93.6 Å². The molecule has 7 heteroatoms. The molecule has 0 aliphatic carbocycles. The van der Waals surface area contributed by atoms with Gasteiger partial charge in [-0.2, -0.15) is 0 Å². The molecule has 1 amide bonds. The summed E-state index contributed by atoms with van der Waals surface area (Å²) in [5.74, 6) is 0.440. The zero-order valence-electron chi connectivity index (χ0n) is 23.4. The zero-order chi connectivity index (χ0) is 28.2. The Balaban J connectivity index is 1.12. The van der Waals surface area contributed by atoms with Gasteiger partial charge in [0.25, 0.3) is 0 Å². The molecule has 1 unspecified atom stereocenters. The molecule has 2 aliphatic heterocycles. The Morgan fingerprint density at radius 2 is 1.66 bits per heavy atom. The number of hydrogen-bond acceptors (Lipinski definition) is 4. The van der Waals surface area contributed by atoms with Crippen molar-refractivity contribution in [3.05, 3.63) is 102 Å². The SMILES string of the molecule is O=C(c1nc2ccccc2[nH]1)C1CCN(CCC2(Cc3ccc(F)cc3)CCCN(Cc3ccccc3)C2=O)CC1. The van der Waals surface area contributed by atoms with Crippen LogP contribution in [0.25, 0.3) is 11.0 Å². The number of nitrogens with one attached hydrogen (secondary N) is 1. The number of nitrogens with zero attached hydrogens (tertiary/aromatic N) is 3. The summed E-state index contributed by atoms with van der Waals surface area (Å²) < 4.78 is 13.7. The van der Waals surface area contributed by atoms with Crippen molar-refractivity contribution in [3.63, 3.8) is 0 Å². The Kier molecular flexibility index (Phi) is 7.97. The van der Waals surface area contributed by atoms with E-state index in [9.17, 15) is 14.0 Å². The number of rotatable bonds is 9. The molecular formula is C34H37FN4O2. The first-order valence-electron chi connectivity index (χ1n) is 14.8. The second-order valence-electron chi connectivity index (χ2n) is 11.7. The lowest BCUT2D eigenvalue weighted by Gasteiger charge is -2.43. The maximum absolute atomic E-state index is 14.1. The Morgan fingerprint density at radius 3 is 2.41 bits per heavy atom. The van der Waals surface area contributed by atoms with E-state index in [-0.39, 0.29) is 23.4 Å². The van der Waals surface area contributed by atoms with E-state index in [1.807, 2.05) is 59.5 Å². The van der Waals surface area contributed by atoms with Crippen LogP contribution in [-0.2, 0) is 17.8 Å². The van der Waals surface area contributed by atoms with Gasteiger partial charge < -0.3 is 14.8 Å². The molecule has 6 rings (SSSR count). The van der Waals surface area contributed by atoms with Crippen LogP contribution in [0.5, 0.6) is 0 Å². The first-order valence-corrected chi connectivity index (χ1v) is 14.8. The number of likely N-dealkylation sites (tertiary alicyclic amines) is 2. The number of carbonyl (C=O) groups excluding carboxylic acids is 2. The number of imidazole rings is 1. The molecule has 1 atom stereocenters. The molecule has 212 valence electrons. The van der Waals surface area contributed by atoms with E-state index in [2.05, 4.69) is 27.0 Å². The van der Waals surface area contributed by atoms with Gasteiger partial charge in [0, 0.05) is 19.0 Å². The van der Waals surface area contributed by atoms with E-state index in [1.54, 1.807) is 0 Å². The lowest BCUT2D eigenvalue weighted by molar-refractivity contribution is -0.148. The van der Waals surface area contributed by atoms with E-state index in [4.69, 9.17) is 0 Å². The number of ketones is 1. The molecule has 41 heavy (non-hydrogen) atoms. The number of Topliss-reactive ketones (excluding diaryl/α,β-unsaturated/α-hetero) is 1. The van der Waals surface area contributed by atoms with Gasteiger partial charge in [0.1, 0.15) is 5.82 Å². The highest BCUT2D eigenvalue weighted by Crippen LogP contribution is 2.39. The normalized spacial score (nSPS) is 20.5. The molecule has 4 aromatic rings. The van der Waals surface area contributed by atoms with Gasteiger partial charge in [0.15, 0.2) is 5.82 Å². The Labute approximate surface area is 240 Å². The fourth-order valence-electron chi connectivity index (χ4n) is 6.64. The fraction of sp³-hybridized carbons (Fsp3) is 0.382. The van der Waals surface area contributed by atoms with Crippen molar-refractivity contribution in [2.45, 2.75) is 45.1 Å². The molecule has 0 spiro atoms. The third kappa shape index (κ3) is 6.10. The Morgan fingerprint density at radius 1 is 0.927 bits per heavy atom. The minimum Gasteiger partial charge on any atom is -0.338 e. The number of aromatic nitrogens is 2. The van der Waals surface area contributed by atoms with Crippen molar-refractivity contribution in [1.82, 2.24) is 19.8 Å². The number of H-pyrrole nitrogens is 1. The van der Waals surface area contributed by atoms with Crippen molar-refractivity contribution < 1.29 is 14.0 Å². The van der Waals surface area contributed by atoms with Crippen LogP contribution in [0.2, 0.25) is 0 Å². The molecule has 6 nitrogen and oxygen atoms in total. The van der Waals surface area contributed by atoms with Crippen molar-refractivity contribution in [3.8, 4) is 0 Å². The van der Waals surface area contributed by atoms with Crippen LogP contribution in [0.3, 0.4) is 0 Å². The van der Waals surface area contributed by atoms with E-state index in [1.165, 1.54) is 12.1 Å². The summed E-state index contributed by atoms with van der Waals surface area (Å²) in [6.07, 6.45) is 4.71. The molecule has 3 heterocycles. The van der Waals surface area contributed by atoms with E-state index in [0.717, 1.165) is 80.4 Å². The van der Waals surface area contributed by atoms with Crippen molar-refractivity contribution in [1.29, 1.82) is 0 Å². The number of fused-ring (bicyclic) bond motifs is 1. The van der Waals surface area contributed by atoms with Crippen molar-refractivity contribution in [2.24, 2.45) is 11.3 Å². The monoisotopic (exact) mass is 552 g/mol. The van der Waals surface area contributed by atoms with E-state index >= 15 is 0 Å². The van der Waals surface area contributed by atoms with Gasteiger partial charge in [-0.3, -0.25) is 9.59 Å². The molecule has 2 aliphatic rings.